The molecule has 0 spiro atoms. The van der Waals surface area contributed by atoms with Gasteiger partial charge in [0.05, 0.1) is 15.5 Å². The highest BCUT2D eigenvalue weighted by molar-refractivity contribution is 9.11. The summed E-state index contributed by atoms with van der Waals surface area (Å²) in [5.41, 5.74) is 3.70. The van der Waals surface area contributed by atoms with Crippen molar-refractivity contribution in [2.75, 3.05) is 0 Å². The van der Waals surface area contributed by atoms with Gasteiger partial charge in [-0.3, -0.25) is 10.5 Å². The predicted octanol–water partition coefficient (Wildman–Crippen LogP) is 1.80. The minimum Gasteiger partial charge on any atom is -0.275 e. The molecule has 80 valence electrons. The van der Waals surface area contributed by atoms with Gasteiger partial charge in [0.15, 0.2) is 0 Å². The van der Waals surface area contributed by atoms with E-state index in [1.807, 2.05) is 31.4 Å². The van der Waals surface area contributed by atoms with Crippen LogP contribution in [0.5, 0.6) is 0 Å². The van der Waals surface area contributed by atoms with E-state index < -0.39 is 0 Å². The summed E-state index contributed by atoms with van der Waals surface area (Å²) < 4.78 is 2.86. The summed E-state index contributed by atoms with van der Waals surface area (Å²) in [7, 11) is 1.89. The van der Waals surface area contributed by atoms with Crippen LogP contribution < -0.4 is 11.3 Å². The van der Waals surface area contributed by atoms with E-state index in [0.717, 1.165) is 14.4 Å². The molecule has 15 heavy (non-hydrogen) atoms. The highest BCUT2D eigenvalue weighted by Crippen LogP contribution is 2.29. The Morgan fingerprint density at radius 2 is 2.33 bits per heavy atom. The summed E-state index contributed by atoms with van der Waals surface area (Å²) in [5, 5.41) is 4.33. The third kappa shape index (κ3) is 2.28. The second-order valence-electron chi connectivity index (χ2n) is 3.16. The topological polar surface area (TPSA) is 55.9 Å². The Labute approximate surface area is 100 Å². The van der Waals surface area contributed by atoms with Gasteiger partial charge >= 0.3 is 0 Å². The number of hydrazine groups is 1. The number of nitrogens with one attached hydrogen (secondary N) is 1. The molecule has 0 saturated carbocycles. The molecule has 2 heterocycles. The molecule has 0 radical (unpaired) electrons. The highest BCUT2D eigenvalue weighted by Gasteiger charge is 2.16. The third-order valence-corrected chi connectivity index (χ3v) is 3.76. The number of hydrogen-bond donors (Lipinski definition) is 2. The Morgan fingerprint density at radius 3 is 2.80 bits per heavy atom. The number of nitrogens with two attached hydrogens (primary N) is 1. The number of halogens is 1. The van der Waals surface area contributed by atoms with Gasteiger partial charge in [0, 0.05) is 18.1 Å². The summed E-state index contributed by atoms with van der Waals surface area (Å²) in [6, 6.07) is 5.96. The number of aryl methyl sites for hydroxylation is 1. The first-order valence-electron chi connectivity index (χ1n) is 4.41. The average Bonchev–Trinajstić information content (AvgIpc) is 2.78. The zero-order chi connectivity index (χ0) is 10.8. The lowest BCUT2D eigenvalue weighted by Crippen LogP contribution is -2.28. The van der Waals surface area contributed by atoms with Crippen LogP contribution in [0.2, 0.25) is 0 Å². The molecule has 1 atom stereocenters. The number of thiophene rings is 1. The van der Waals surface area contributed by atoms with Crippen molar-refractivity contribution < 1.29 is 0 Å². The molecule has 2 aromatic rings. The fraction of sp³-hybridized carbons (Fsp3) is 0.222. The normalized spacial score (nSPS) is 13.0. The molecular weight excluding hydrogens is 276 g/mol. The van der Waals surface area contributed by atoms with Crippen LogP contribution in [0.25, 0.3) is 0 Å². The van der Waals surface area contributed by atoms with E-state index in [2.05, 4.69) is 26.5 Å². The Balaban J connectivity index is 2.32. The molecule has 6 heteroatoms. The first-order chi connectivity index (χ1) is 7.20. The van der Waals surface area contributed by atoms with Gasteiger partial charge in [-0.15, -0.1) is 11.3 Å². The van der Waals surface area contributed by atoms with Crippen molar-refractivity contribution in [1.29, 1.82) is 0 Å². The van der Waals surface area contributed by atoms with Gasteiger partial charge < -0.3 is 0 Å². The van der Waals surface area contributed by atoms with Crippen molar-refractivity contribution >= 4 is 27.3 Å². The molecule has 0 fully saturated rings. The monoisotopic (exact) mass is 286 g/mol. The number of hydrogen-bond acceptors (Lipinski definition) is 4. The molecule has 1 unspecified atom stereocenters. The van der Waals surface area contributed by atoms with Crippen LogP contribution in [0.3, 0.4) is 0 Å². The molecular formula is C9H11BrN4S. The summed E-state index contributed by atoms with van der Waals surface area (Å²) >= 11 is 5.08. The van der Waals surface area contributed by atoms with Gasteiger partial charge in [-0.1, -0.05) is 0 Å². The van der Waals surface area contributed by atoms with Crippen LogP contribution in [-0.4, -0.2) is 9.78 Å². The van der Waals surface area contributed by atoms with Crippen LogP contribution >= 0.6 is 27.3 Å². The zero-order valence-corrected chi connectivity index (χ0v) is 10.5. The molecule has 2 aromatic heterocycles. The summed E-state index contributed by atoms with van der Waals surface area (Å²) in [5.74, 6) is 5.55. The molecule has 2 rings (SSSR count). The smallest absolute Gasteiger partial charge is 0.0992 e. The first kappa shape index (κ1) is 10.8. The van der Waals surface area contributed by atoms with E-state index in [-0.39, 0.29) is 6.04 Å². The first-order valence-corrected chi connectivity index (χ1v) is 6.02. The molecule has 0 saturated heterocycles. The number of aromatic nitrogens is 2. The quantitative estimate of drug-likeness (QED) is 0.668. The van der Waals surface area contributed by atoms with Gasteiger partial charge in [0.25, 0.3) is 0 Å². The standard InChI is InChI=1S/C9H11BrN4S/c1-14-5-4-6(13-14)9(12-11)7-2-3-8(10)15-7/h2-5,9,12H,11H2,1H3. The molecule has 3 N–H and O–H groups in total. The van der Waals surface area contributed by atoms with Gasteiger partial charge in [0.1, 0.15) is 0 Å². The van der Waals surface area contributed by atoms with Crippen molar-refractivity contribution in [1.82, 2.24) is 15.2 Å². The van der Waals surface area contributed by atoms with Crippen molar-refractivity contribution in [3.8, 4) is 0 Å². The van der Waals surface area contributed by atoms with Crippen molar-refractivity contribution in [2.24, 2.45) is 12.9 Å². The number of nitrogens with zero attached hydrogens (tertiary/aromatic N) is 2. The molecule has 0 bridgehead atoms. The minimum absolute atomic E-state index is 0.0394. The fourth-order valence-corrected chi connectivity index (χ4v) is 2.88. The maximum atomic E-state index is 5.55. The van der Waals surface area contributed by atoms with Gasteiger partial charge in [-0.05, 0) is 34.1 Å². The van der Waals surface area contributed by atoms with Gasteiger partial charge in [-0.2, -0.15) is 5.10 Å². The second-order valence-corrected chi connectivity index (χ2v) is 5.65. The van der Waals surface area contributed by atoms with Crippen LogP contribution in [0.15, 0.2) is 28.2 Å². The minimum atomic E-state index is -0.0394. The maximum absolute atomic E-state index is 5.55. The number of rotatable bonds is 3. The molecule has 0 aliphatic rings. The second kappa shape index (κ2) is 4.44. The van der Waals surface area contributed by atoms with E-state index in [1.165, 1.54) is 0 Å². The van der Waals surface area contributed by atoms with Crippen LogP contribution in [0, 0.1) is 0 Å². The maximum Gasteiger partial charge on any atom is 0.0992 e. The van der Waals surface area contributed by atoms with E-state index in [1.54, 1.807) is 16.0 Å². The van der Waals surface area contributed by atoms with Crippen molar-refractivity contribution in [3.05, 3.63) is 38.8 Å². The van der Waals surface area contributed by atoms with E-state index in [9.17, 15) is 0 Å². The van der Waals surface area contributed by atoms with Crippen LogP contribution in [0.1, 0.15) is 16.6 Å². The lowest BCUT2D eigenvalue weighted by molar-refractivity contribution is 0.611. The molecule has 0 aliphatic carbocycles. The zero-order valence-electron chi connectivity index (χ0n) is 8.14. The van der Waals surface area contributed by atoms with Gasteiger partial charge in [0.2, 0.25) is 0 Å². The lowest BCUT2D eigenvalue weighted by Gasteiger charge is -2.10. The Kier molecular flexibility index (Phi) is 3.20. The molecule has 0 aromatic carbocycles. The summed E-state index contributed by atoms with van der Waals surface area (Å²) in [6.45, 7) is 0. The fourth-order valence-electron chi connectivity index (χ4n) is 1.38. The Hall–Kier alpha value is -0.690. The van der Waals surface area contributed by atoms with E-state index in [0.29, 0.717) is 0 Å². The Bertz CT molecular complexity index is 410. The van der Waals surface area contributed by atoms with Crippen molar-refractivity contribution in [3.63, 3.8) is 0 Å². The molecule has 4 nitrogen and oxygen atoms in total. The van der Waals surface area contributed by atoms with E-state index >= 15 is 0 Å². The highest BCUT2D eigenvalue weighted by atomic mass is 79.9. The predicted molar refractivity (Wildman–Crippen MR) is 64.4 cm³/mol. The van der Waals surface area contributed by atoms with Crippen molar-refractivity contribution in [2.45, 2.75) is 6.04 Å². The lowest BCUT2D eigenvalue weighted by atomic mass is 10.2. The largest absolute Gasteiger partial charge is 0.275 e. The SMILES string of the molecule is Cn1ccc(C(NN)c2ccc(Br)s2)n1. The Morgan fingerprint density at radius 1 is 1.53 bits per heavy atom. The summed E-state index contributed by atoms with van der Waals surface area (Å²) in [4.78, 5) is 1.14. The third-order valence-electron chi connectivity index (χ3n) is 2.08. The summed E-state index contributed by atoms with van der Waals surface area (Å²) in [6.07, 6.45) is 1.91. The molecule has 0 aliphatic heterocycles. The van der Waals surface area contributed by atoms with E-state index in [4.69, 9.17) is 5.84 Å². The van der Waals surface area contributed by atoms with Crippen LogP contribution in [0.4, 0.5) is 0 Å². The molecule has 0 amide bonds. The average molecular weight is 287 g/mol. The van der Waals surface area contributed by atoms with Crippen LogP contribution in [-0.2, 0) is 7.05 Å². The van der Waals surface area contributed by atoms with Gasteiger partial charge in [-0.25, -0.2) is 5.43 Å².